The molecule has 2 N–H and O–H groups in total. The van der Waals surface area contributed by atoms with Crippen molar-refractivity contribution in [2.45, 2.75) is 0 Å². The first kappa shape index (κ1) is 24.5. The van der Waals surface area contributed by atoms with E-state index in [1.807, 2.05) is 0 Å². The molecule has 7 rings (SSSR count). The summed E-state index contributed by atoms with van der Waals surface area (Å²) in [5, 5.41) is 5.82. The maximum atomic E-state index is 13.4. The largest absolute Gasteiger partial charge is 0.323 e. The first-order valence-corrected chi connectivity index (χ1v) is 12.9. The summed E-state index contributed by atoms with van der Waals surface area (Å²) in [5.74, 6) is -1.14. The first-order chi connectivity index (χ1) is 19.9. The summed E-state index contributed by atoms with van der Waals surface area (Å²) in [7, 11) is 0. The summed E-state index contributed by atoms with van der Waals surface area (Å²) in [5.41, 5.74) is 2.86. The Morgan fingerprint density at radius 3 is 1.22 bits per heavy atom. The highest BCUT2D eigenvalue weighted by Crippen LogP contribution is 2.35. The summed E-state index contributed by atoms with van der Waals surface area (Å²) in [6.45, 7) is 0. The van der Waals surface area contributed by atoms with Crippen LogP contribution in [0.25, 0.3) is 0 Å². The van der Waals surface area contributed by atoms with E-state index in [9.17, 15) is 19.2 Å². The maximum absolute atomic E-state index is 13.4. The molecule has 10 heteroatoms. The van der Waals surface area contributed by atoms with Gasteiger partial charge in [0.25, 0.3) is 0 Å². The number of anilines is 4. The van der Waals surface area contributed by atoms with E-state index in [2.05, 4.69) is 25.6 Å². The van der Waals surface area contributed by atoms with Gasteiger partial charge in [-0.15, -0.1) is 0 Å². The fourth-order valence-electron chi connectivity index (χ4n) is 5.20. The van der Waals surface area contributed by atoms with Gasteiger partial charge in [-0.25, -0.2) is 0 Å². The lowest BCUT2D eigenvalue weighted by molar-refractivity contribution is 0.0979. The van der Waals surface area contributed by atoms with Crippen LogP contribution in [0.2, 0.25) is 5.28 Å². The van der Waals surface area contributed by atoms with E-state index in [4.69, 9.17) is 11.6 Å². The number of halogens is 1. The zero-order valence-corrected chi connectivity index (χ0v) is 21.7. The lowest BCUT2D eigenvalue weighted by Gasteiger charge is -2.21. The number of benzene rings is 4. The number of hydrogen-bond donors (Lipinski definition) is 2. The third kappa shape index (κ3) is 3.90. The topological polar surface area (TPSA) is 131 Å². The number of nitrogens with one attached hydrogen (secondary N) is 2. The van der Waals surface area contributed by atoms with Crippen LogP contribution < -0.4 is 10.6 Å². The van der Waals surface area contributed by atoms with Crippen molar-refractivity contribution in [3.8, 4) is 0 Å². The van der Waals surface area contributed by atoms with Crippen molar-refractivity contribution in [3.05, 3.63) is 135 Å². The van der Waals surface area contributed by atoms with Gasteiger partial charge in [0.2, 0.25) is 17.2 Å². The molecule has 1 heterocycles. The quantitative estimate of drug-likeness (QED) is 0.285. The molecule has 0 spiro atoms. The molecule has 5 aromatic rings. The molecule has 9 nitrogen and oxygen atoms in total. The summed E-state index contributed by atoms with van der Waals surface area (Å²) in [6, 6.07) is 23.1. The standard InChI is InChI=1S/C31H16ClN5O4/c32-29-35-30(33-21-13-5-11-19-23(21)27(40)17-9-3-1-7-15(17)25(19)38)37-31(36-29)34-22-14-6-12-20-24(22)28(41)18-10-4-2-8-16(18)26(20)39/h1-14H,(H2,33,34,35,36,37). The van der Waals surface area contributed by atoms with Gasteiger partial charge in [0.05, 0.1) is 22.5 Å². The van der Waals surface area contributed by atoms with Crippen LogP contribution in [0.3, 0.4) is 0 Å². The number of aromatic nitrogens is 3. The molecule has 0 saturated carbocycles. The second-order valence-electron chi connectivity index (χ2n) is 9.37. The lowest BCUT2D eigenvalue weighted by atomic mass is 9.83. The molecule has 0 fully saturated rings. The summed E-state index contributed by atoms with van der Waals surface area (Å²) in [6.07, 6.45) is 0. The van der Waals surface area contributed by atoms with Gasteiger partial charge in [0, 0.05) is 33.4 Å². The van der Waals surface area contributed by atoms with Crippen molar-refractivity contribution in [1.29, 1.82) is 0 Å². The molecule has 196 valence electrons. The van der Waals surface area contributed by atoms with Crippen LogP contribution >= 0.6 is 11.6 Å². The first-order valence-electron chi connectivity index (χ1n) is 12.5. The van der Waals surface area contributed by atoms with E-state index in [1.165, 1.54) is 0 Å². The third-order valence-corrected chi connectivity index (χ3v) is 7.18. The van der Waals surface area contributed by atoms with E-state index in [1.54, 1.807) is 84.9 Å². The molecule has 0 saturated heterocycles. The van der Waals surface area contributed by atoms with Crippen molar-refractivity contribution < 1.29 is 19.2 Å². The van der Waals surface area contributed by atoms with Crippen LogP contribution in [0.1, 0.15) is 63.7 Å². The van der Waals surface area contributed by atoms with E-state index in [0.717, 1.165) is 0 Å². The zero-order chi connectivity index (χ0) is 28.2. The highest BCUT2D eigenvalue weighted by Gasteiger charge is 2.33. The molecule has 4 aromatic carbocycles. The molecule has 0 aliphatic heterocycles. The predicted octanol–water partition coefficient (Wildman–Crippen LogP) is 5.56. The van der Waals surface area contributed by atoms with Gasteiger partial charge in [0.1, 0.15) is 0 Å². The minimum atomic E-state index is -0.309. The second-order valence-corrected chi connectivity index (χ2v) is 9.70. The average molecular weight is 558 g/mol. The van der Waals surface area contributed by atoms with E-state index in [-0.39, 0.29) is 62.6 Å². The molecule has 0 radical (unpaired) electrons. The van der Waals surface area contributed by atoms with Gasteiger partial charge >= 0.3 is 0 Å². The molecular formula is C31H16ClN5O4. The van der Waals surface area contributed by atoms with Crippen LogP contribution in [-0.4, -0.2) is 38.1 Å². The number of nitrogens with zero attached hydrogens (tertiary/aromatic N) is 3. The van der Waals surface area contributed by atoms with Gasteiger partial charge < -0.3 is 10.6 Å². The van der Waals surface area contributed by atoms with Crippen molar-refractivity contribution in [2.75, 3.05) is 10.6 Å². The van der Waals surface area contributed by atoms with Crippen molar-refractivity contribution in [1.82, 2.24) is 15.0 Å². The van der Waals surface area contributed by atoms with Crippen LogP contribution in [0, 0.1) is 0 Å². The van der Waals surface area contributed by atoms with E-state index in [0.29, 0.717) is 33.6 Å². The smallest absolute Gasteiger partial charge is 0.233 e. The third-order valence-electron chi connectivity index (χ3n) is 7.01. The van der Waals surface area contributed by atoms with Crippen LogP contribution in [0.4, 0.5) is 23.3 Å². The molecule has 0 atom stereocenters. The highest BCUT2D eigenvalue weighted by atomic mass is 35.5. The summed E-state index contributed by atoms with van der Waals surface area (Å²) < 4.78 is 0. The molecule has 0 unspecified atom stereocenters. The van der Waals surface area contributed by atoms with Crippen LogP contribution in [0.5, 0.6) is 0 Å². The zero-order valence-electron chi connectivity index (χ0n) is 20.9. The fraction of sp³-hybridized carbons (Fsp3) is 0. The Bertz CT molecular complexity index is 1870. The van der Waals surface area contributed by atoms with Gasteiger partial charge in [-0.2, -0.15) is 15.0 Å². The number of fused-ring (bicyclic) bond motifs is 4. The van der Waals surface area contributed by atoms with Crippen LogP contribution in [-0.2, 0) is 0 Å². The summed E-state index contributed by atoms with van der Waals surface area (Å²) >= 11 is 6.22. The Morgan fingerprint density at radius 1 is 0.439 bits per heavy atom. The highest BCUT2D eigenvalue weighted by molar-refractivity contribution is 6.31. The molecule has 41 heavy (non-hydrogen) atoms. The number of carbonyl (C=O) groups excluding carboxylic acids is 4. The van der Waals surface area contributed by atoms with Crippen molar-refractivity contribution in [3.63, 3.8) is 0 Å². The van der Waals surface area contributed by atoms with Gasteiger partial charge in [-0.1, -0.05) is 72.8 Å². The minimum Gasteiger partial charge on any atom is -0.323 e. The normalized spacial score (nSPS) is 13.2. The fourth-order valence-corrected chi connectivity index (χ4v) is 5.36. The lowest BCUT2D eigenvalue weighted by Crippen LogP contribution is -2.22. The van der Waals surface area contributed by atoms with E-state index >= 15 is 0 Å². The van der Waals surface area contributed by atoms with Gasteiger partial charge in [-0.3, -0.25) is 19.2 Å². The monoisotopic (exact) mass is 557 g/mol. The molecule has 0 amide bonds. The molecular weight excluding hydrogens is 542 g/mol. The predicted molar refractivity (Wildman–Crippen MR) is 151 cm³/mol. The summed E-state index contributed by atoms with van der Waals surface area (Å²) in [4.78, 5) is 65.6. The number of ketones is 4. The van der Waals surface area contributed by atoms with Crippen LogP contribution in [0.15, 0.2) is 84.9 Å². The number of carbonyl (C=O) groups is 4. The Morgan fingerprint density at radius 2 is 0.805 bits per heavy atom. The SMILES string of the molecule is O=C1c2ccccc2C(=O)c2c(Nc3nc(Cl)nc(Nc4cccc5c4C(=O)c4ccccc4C5=O)n3)cccc21. The van der Waals surface area contributed by atoms with Gasteiger partial charge in [0.15, 0.2) is 23.1 Å². The average Bonchev–Trinajstić information content (AvgIpc) is 2.98. The maximum Gasteiger partial charge on any atom is 0.233 e. The van der Waals surface area contributed by atoms with Gasteiger partial charge in [-0.05, 0) is 23.7 Å². The van der Waals surface area contributed by atoms with Crippen molar-refractivity contribution in [2.24, 2.45) is 0 Å². The second kappa shape index (κ2) is 9.29. The molecule has 1 aromatic heterocycles. The number of rotatable bonds is 4. The van der Waals surface area contributed by atoms with E-state index < -0.39 is 0 Å². The Hall–Kier alpha value is -5.54. The molecule has 2 aliphatic rings. The Labute approximate surface area is 237 Å². The minimum absolute atomic E-state index is 0.00226. The Balaban J connectivity index is 1.25. The molecule has 0 bridgehead atoms. The number of hydrogen-bond acceptors (Lipinski definition) is 9. The van der Waals surface area contributed by atoms with Crippen molar-refractivity contribution >= 4 is 58.0 Å². The Kier molecular flexibility index (Phi) is 5.55. The molecule has 2 aliphatic carbocycles.